The van der Waals surface area contributed by atoms with E-state index in [4.69, 9.17) is 0 Å². The van der Waals surface area contributed by atoms with Crippen molar-refractivity contribution in [2.45, 2.75) is 6.54 Å². The number of hydrogen-bond donors (Lipinski definition) is 2. The molecule has 2 aromatic heterocycles. The third-order valence-electron chi connectivity index (χ3n) is 3.14. The number of aromatic amines is 1. The Balaban J connectivity index is 1.67. The maximum absolute atomic E-state index is 13.0. The van der Waals surface area contributed by atoms with Crippen molar-refractivity contribution >= 4 is 5.91 Å². The summed E-state index contributed by atoms with van der Waals surface area (Å²) in [5.41, 5.74) is 2.62. The highest BCUT2D eigenvalue weighted by molar-refractivity contribution is 5.93. The van der Waals surface area contributed by atoms with Crippen molar-refractivity contribution in [2.75, 3.05) is 0 Å². The molecule has 0 saturated heterocycles. The highest BCUT2D eigenvalue weighted by atomic mass is 19.1. The number of nitrogens with zero attached hydrogens (tertiary/aromatic N) is 2. The van der Waals surface area contributed by atoms with Crippen LogP contribution in [-0.4, -0.2) is 21.1 Å². The summed E-state index contributed by atoms with van der Waals surface area (Å²) in [6, 6.07) is 14.2. The average molecular weight is 296 g/mol. The van der Waals surface area contributed by atoms with Gasteiger partial charge in [-0.05, 0) is 23.8 Å². The van der Waals surface area contributed by atoms with Crippen molar-refractivity contribution < 1.29 is 9.18 Å². The summed E-state index contributed by atoms with van der Waals surface area (Å²) in [4.78, 5) is 15.5. The minimum atomic E-state index is -0.570. The summed E-state index contributed by atoms with van der Waals surface area (Å²) in [7, 11) is 0. The quantitative estimate of drug-likeness (QED) is 0.727. The van der Waals surface area contributed by atoms with Crippen LogP contribution in [0.2, 0.25) is 0 Å². The van der Waals surface area contributed by atoms with E-state index in [1.54, 1.807) is 12.1 Å². The highest BCUT2D eigenvalue weighted by Gasteiger charge is 2.10. The van der Waals surface area contributed by atoms with Gasteiger partial charge >= 0.3 is 0 Å². The highest BCUT2D eigenvalue weighted by Crippen LogP contribution is 2.16. The predicted molar refractivity (Wildman–Crippen MR) is 79.4 cm³/mol. The van der Waals surface area contributed by atoms with Crippen LogP contribution in [0.5, 0.6) is 0 Å². The molecule has 3 rings (SSSR count). The average Bonchev–Trinajstić information content (AvgIpc) is 3.04. The molecule has 0 spiro atoms. The molecule has 6 heteroatoms. The molecule has 0 aliphatic carbocycles. The largest absolute Gasteiger partial charge is 0.347 e. The number of hydrogen-bond acceptors (Lipinski definition) is 3. The number of nitrogens with one attached hydrogen (secondary N) is 2. The van der Waals surface area contributed by atoms with Gasteiger partial charge in [-0.1, -0.05) is 30.3 Å². The second-order valence-corrected chi connectivity index (χ2v) is 4.70. The summed E-state index contributed by atoms with van der Waals surface area (Å²) in [5.74, 6) is -0.869. The monoisotopic (exact) mass is 296 g/mol. The molecule has 1 aromatic carbocycles. The zero-order valence-corrected chi connectivity index (χ0v) is 11.6. The van der Waals surface area contributed by atoms with Gasteiger partial charge in [0.15, 0.2) is 0 Å². The van der Waals surface area contributed by atoms with Crippen molar-refractivity contribution in [3.05, 3.63) is 71.9 Å². The molecule has 0 saturated carbocycles. The lowest BCUT2D eigenvalue weighted by Crippen LogP contribution is -2.23. The van der Waals surface area contributed by atoms with Crippen molar-refractivity contribution in [1.29, 1.82) is 0 Å². The van der Waals surface area contributed by atoms with E-state index in [0.717, 1.165) is 5.56 Å². The maximum atomic E-state index is 13.0. The summed E-state index contributed by atoms with van der Waals surface area (Å²) >= 11 is 0. The predicted octanol–water partition coefficient (Wildman–Crippen LogP) is 2.54. The third kappa shape index (κ3) is 3.17. The lowest BCUT2D eigenvalue weighted by molar-refractivity contribution is 0.0946. The molecule has 0 radical (unpaired) electrons. The Morgan fingerprint density at radius 1 is 1.18 bits per heavy atom. The van der Waals surface area contributed by atoms with Crippen molar-refractivity contribution in [1.82, 2.24) is 20.5 Å². The molecule has 0 unspecified atom stereocenters. The molecule has 0 aliphatic heterocycles. The molecule has 0 atom stereocenters. The van der Waals surface area contributed by atoms with Crippen LogP contribution in [0.25, 0.3) is 11.3 Å². The fraction of sp³-hybridized carbons (Fsp3) is 0.0625. The molecule has 110 valence electrons. The fourth-order valence-corrected chi connectivity index (χ4v) is 2.02. The SMILES string of the molecule is O=C(NCc1ccnc(F)c1)c1cc(-c2ccccc2)n[nH]1. The maximum Gasteiger partial charge on any atom is 0.269 e. The van der Waals surface area contributed by atoms with Crippen LogP contribution in [0.1, 0.15) is 16.1 Å². The Bertz CT molecular complexity index is 786. The molecule has 0 bridgehead atoms. The van der Waals surface area contributed by atoms with Gasteiger partial charge in [0.1, 0.15) is 5.69 Å². The second kappa shape index (κ2) is 6.17. The number of aromatic nitrogens is 3. The number of H-pyrrole nitrogens is 1. The number of pyridine rings is 1. The molecule has 0 aliphatic rings. The summed E-state index contributed by atoms with van der Waals surface area (Å²) in [5, 5.41) is 9.53. The molecule has 22 heavy (non-hydrogen) atoms. The Hall–Kier alpha value is -3.02. The van der Waals surface area contributed by atoms with Gasteiger partial charge in [-0.2, -0.15) is 9.49 Å². The number of halogens is 1. The summed E-state index contributed by atoms with van der Waals surface area (Å²) in [6.07, 6.45) is 1.36. The van der Waals surface area contributed by atoms with E-state index in [1.807, 2.05) is 30.3 Å². The van der Waals surface area contributed by atoms with Crippen LogP contribution in [0.15, 0.2) is 54.7 Å². The van der Waals surface area contributed by atoms with Crippen LogP contribution >= 0.6 is 0 Å². The van der Waals surface area contributed by atoms with E-state index < -0.39 is 5.95 Å². The molecular weight excluding hydrogens is 283 g/mol. The summed E-state index contributed by atoms with van der Waals surface area (Å²) in [6.45, 7) is 0.220. The number of carbonyl (C=O) groups is 1. The van der Waals surface area contributed by atoms with Crippen molar-refractivity contribution in [3.8, 4) is 11.3 Å². The molecular formula is C16H13FN4O. The lowest BCUT2D eigenvalue weighted by atomic mass is 10.1. The zero-order chi connectivity index (χ0) is 15.4. The first-order valence-electron chi connectivity index (χ1n) is 6.72. The number of carbonyl (C=O) groups excluding carboxylic acids is 1. The third-order valence-corrected chi connectivity index (χ3v) is 3.14. The van der Waals surface area contributed by atoms with Gasteiger partial charge in [-0.3, -0.25) is 9.89 Å². The molecule has 3 aromatic rings. The van der Waals surface area contributed by atoms with E-state index in [2.05, 4.69) is 20.5 Å². The normalized spacial score (nSPS) is 10.4. The van der Waals surface area contributed by atoms with Crippen LogP contribution in [0.4, 0.5) is 4.39 Å². The van der Waals surface area contributed by atoms with E-state index in [9.17, 15) is 9.18 Å². The minimum Gasteiger partial charge on any atom is -0.347 e. The van der Waals surface area contributed by atoms with Gasteiger partial charge in [0.2, 0.25) is 5.95 Å². The van der Waals surface area contributed by atoms with Gasteiger partial charge in [-0.15, -0.1) is 0 Å². The van der Waals surface area contributed by atoms with Gasteiger partial charge < -0.3 is 5.32 Å². The first-order valence-corrected chi connectivity index (χ1v) is 6.72. The second-order valence-electron chi connectivity index (χ2n) is 4.70. The topological polar surface area (TPSA) is 70.7 Å². The van der Waals surface area contributed by atoms with Gasteiger partial charge in [0.25, 0.3) is 5.91 Å². The van der Waals surface area contributed by atoms with Gasteiger partial charge in [0.05, 0.1) is 5.69 Å². The zero-order valence-electron chi connectivity index (χ0n) is 11.6. The molecule has 2 N–H and O–H groups in total. The van der Waals surface area contributed by atoms with Crippen LogP contribution in [-0.2, 0) is 6.54 Å². The van der Waals surface area contributed by atoms with Crippen molar-refractivity contribution in [2.24, 2.45) is 0 Å². The first kappa shape index (κ1) is 13.9. The van der Waals surface area contributed by atoms with E-state index in [1.165, 1.54) is 12.3 Å². The molecule has 5 nitrogen and oxygen atoms in total. The first-order chi connectivity index (χ1) is 10.7. The van der Waals surface area contributed by atoms with Crippen molar-refractivity contribution in [3.63, 3.8) is 0 Å². The smallest absolute Gasteiger partial charge is 0.269 e. The summed E-state index contributed by atoms with van der Waals surface area (Å²) < 4.78 is 13.0. The van der Waals surface area contributed by atoms with Gasteiger partial charge in [-0.25, -0.2) is 4.98 Å². The van der Waals surface area contributed by atoms with E-state index in [0.29, 0.717) is 17.0 Å². The van der Waals surface area contributed by atoms with E-state index in [-0.39, 0.29) is 12.5 Å². The van der Waals surface area contributed by atoms with E-state index >= 15 is 0 Å². The molecule has 0 fully saturated rings. The number of amides is 1. The number of benzene rings is 1. The van der Waals surface area contributed by atoms with Crippen LogP contribution in [0, 0.1) is 5.95 Å². The van der Waals surface area contributed by atoms with Crippen LogP contribution in [0.3, 0.4) is 0 Å². The number of rotatable bonds is 4. The van der Waals surface area contributed by atoms with Gasteiger partial charge in [0, 0.05) is 18.3 Å². The minimum absolute atomic E-state index is 0.220. The Morgan fingerprint density at radius 2 is 2.00 bits per heavy atom. The standard InChI is InChI=1S/C16H13FN4O/c17-15-8-11(6-7-18-15)10-19-16(22)14-9-13(20-21-14)12-4-2-1-3-5-12/h1-9H,10H2,(H,19,22)(H,20,21). The Morgan fingerprint density at radius 3 is 2.77 bits per heavy atom. The molecule has 1 amide bonds. The Kier molecular flexibility index (Phi) is 3.91. The van der Waals surface area contributed by atoms with Crippen LogP contribution < -0.4 is 5.32 Å². The Labute approximate surface area is 126 Å². The fourth-order valence-electron chi connectivity index (χ4n) is 2.02. The molecule has 2 heterocycles. The lowest BCUT2D eigenvalue weighted by Gasteiger charge is -2.03.